The molecule has 13 heavy (non-hydrogen) atoms. The van der Waals surface area contributed by atoms with Gasteiger partial charge in [-0.15, -0.1) is 0 Å². The molecule has 0 radical (unpaired) electrons. The molecule has 1 rings (SSSR count). The minimum atomic E-state index is -0.434. The van der Waals surface area contributed by atoms with E-state index >= 15 is 0 Å². The Balaban J connectivity index is 2.44. The van der Waals surface area contributed by atoms with Gasteiger partial charge in [0, 0.05) is 0 Å². The number of hydrogen-bond acceptors (Lipinski definition) is 2. The molecule has 0 saturated carbocycles. The highest BCUT2D eigenvalue weighted by atomic mass is 16.4. The molecule has 1 heterocycles. The SMILES string of the molecule is Cc1ccc([C@@H](O)CCC(C)C)o1. The van der Waals surface area contributed by atoms with Gasteiger partial charge < -0.3 is 9.52 Å². The van der Waals surface area contributed by atoms with E-state index in [2.05, 4.69) is 13.8 Å². The minimum Gasteiger partial charge on any atom is -0.464 e. The van der Waals surface area contributed by atoms with Gasteiger partial charge in [0.25, 0.3) is 0 Å². The largest absolute Gasteiger partial charge is 0.464 e. The Bertz CT molecular complexity index is 250. The van der Waals surface area contributed by atoms with Crippen molar-refractivity contribution in [2.75, 3.05) is 0 Å². The van der Waals surface area contributed by atoms with E-state index in [0.717, 1.165) is 18.6 Å². The lowest BCUT2D eigenvalue weighted by Crippen LogP contribution is -1.98. The second kappa shape index (κ2) is 4.47. The van der Waals surface area contributed by atoms with Gasteiger partial charge in [-0.1, -0.05) is 13.8 Å². The van der Waals surface area contributed by atoms with E-state index in [9.17, 15) is 5.11 Å². The van der Waals surface area contributed by atoms with Crippen LogP contribution in [0, 0.1) is 12.8 Å². The van der Waals surface area contributed by atoms with Crippen molar-refractivity contribution in [2.24, 2.45) is 5.92 Å². The summed E-state index contributed by atoms with van der Waals surface area (Å²) in [4.78, 5) is 0. The number of aryl methyl sites for hydroxylation is 1. The first kappa shape index (κ1) is 10.3. The van der Waals surface area contributed by atoms with E-state index in [4.69, 9.17) is 4.42 Å². The number of aliphatic hydroxyl groups is 1. The highest BCUT2D eigenvalue weighted by Crippen LogP contribution is 2.22. The van der Waals surface area contributed by atoms with Gasteiger partial charge in [-0.2, -0.15) is 0 Å². The van der Waals surface area contributed by atoms with Crippen LogP contribution < -0.4 is 0 Å². The van der Waals surface area contributed by atoms with Crippen molar-refractivity contribution in [3.63, 3.8) is 0 Å². The molecule has 0 aromatic carbocycles. The molecule has 2 nitrogen and oxygen atoms in total. The van der Waals surface area contributed by atoms with Crippen LogP contribution in [0.2, 0.25) is 0 Å². The van der Waals surface area contributed by atoms with E-state index in [1.54, 1.807) is 0 Å². The molecule has 0 bridgehead atoms. The first-order valence-corrected chi connectivity index (χ1v) is 4.84. The Kier molecular flexibility index (Phi) is 3.55. The standard InChI is InChI=1S/C11H18O2/c1-8(2)4-6-10(12)11-7-5-9(3)13-11/h5,7-8,10,12H,4,6H2,1-3H3/t10-/m0/s1. The van der Waals surface area contributed by atoms with E-state index < -0.39 is 6.10 Å². The van der Waals surface area contributed by atoms with E-state index in [0.29, 0.717) is 11.7 Å². The Morgan fingerprint density at radius 3 is 2.46 bits per heavy atom. The Hall–Kier alpha value is -0.760. The molecular weight excluding hydrogens is 164 g/mol. The fourth-order valence-corrected chi connectivity index (χ4v) is 1.27. The van der Waals surface area contributed by atoms with E-state index in [1.165, 1.54) is 0 Å². The summed E-state index contributed by atoms with van der Waals surface area (Å²) < 4.78 is 5.33. The number of aliphatic hydroxyl groups excluding tert-OH is 1. The third-order valence-corrected chi connectivity index (χ3v) is 2.11. The van der Waals surface area contributed by atoms with Crippen LogP contribution in [0.15, 0.2) is 16.5 Å². The maximum absolute atomic E-state index is 9.69. The summed E-state index contributed by atoms with van der Waals surface area (Å²) in [6, 6.07) is 3.73. The van der Waals surface area contributed by atoms with Gasteiger partial charge in [-0.05, 0) is 37.8 Å². The van der Waals surface area contributed by atoms with Crippen LogP contribution in [0.4, 0.5) is 0 Å². The smallest absolute Gasteiger partial charge is 0.132 e. The summed E-state index contributed by atoms with van der Waals surface area (Å²) in [7, 11) is 0. The lowest BCUT2D eigenvalue weighted by atomic mass is 10.0. The molecule has 0 fully saturated rings. The number of rotatable bonds is 4. The summed E-state index contributed by atoms with van der Waals surface area (Å²) in [6.45, 7) is 6.19. The Labute approximate surface area is 79.6 Å². The van der Waals surface area contributed by atoms with Crippen LogP contribution in [0.25, 0.3) is 0 Å². The summed E-state index contributed by atoms with van der Waals surface area (Å²) >= 11 is 0. The third-order valence-electron chi connectivity index (χ3n) is 2.11. The first-order valence-electron chi connectivity index (χ1n) is 4.84. The summed E-state index contributed by atoms with van der Waals surface area (Å²) in [5.41, 5.74) is 0. The first-order chi connectivity index (χ1) is 6.09. The molecule has 0 saturated heterocycles. The van der Waals surface area contributed by atoms with Crippen molar-refractivity contribution in [1.29, 1.82) is 0 Å². The molecule has 0 unspecified atom stereocenters. The summed E-state index contributed by atoms with van der Waals surface area (Å²) in [5, 5.41) is 9.69. The van der Waals surface area contributed by atoms with Gasteiger partial charge in [0.15, 0.2) is 0 Å². The van der Waals surface area contributed by atoms with Gasteiger partial charge in [0.1, 0.15) is 17.6 Å². The second-order valence-corrected chi connectivity index (χ2v) is 3.94. The molecular formula is C11H18O2. The highest BCUT2D eigenvalue weighted by molar-refractivity contribution is 5.07. The second-order valence-electron chi connectivity index (χ2n) is 3.94. The minimum absolute atomic E-state index is 0.434. The van der Waals surface area contributed by atoms with Gasteiger partial charge in [0.2, 0.25) is 0 Å². The van der Waals surface area contributed by atoms with Crippen molar-refractivity contribution in [2.45, 2.75) is 39.7 Å². The molecule has 1 atom stereocenters. The molecule has 1 aromatic rings. The van der Waals surface area contributed by atoms with Crippen molar-refractivity contribution in [1.82, 2.24) is 0 Å². The Morgan fingerprint density at radius 2 is 2.00 bits per heavy atom. The normalized spacial score (nSPS) is 13.6. The molecule has 0 spiro atoms. The zero-order valence-electron chi connectivity index (χ0n) is 8.58. The van der Waals surface area contributed by atoms with Crippen LogP contribution in [0.5, 0.6) is 0 Å². The Morgan fingerprint density at radius 1 is 1.31 bits per heavy atom. The number of hydrogen-bond donors (Lipinski definition) is 1. The fraction of sp³-hybridized carbons (Fsp3) is 0.636. The highest BCUT2D eigenvalue weighted by Gasteiger charge is 2.11. The molecule has 1 N–H and O–H groups in total. The molecule has 0 aliphatic rings. The van der Waals surface area contributed by atoms with Crippen molar-refractivity contribution in [3.8, 4) is 0 Å². The van der Waals surface area contributed by atoms with Crippen molar-refractivity contribution >= 4 is 0 Å². The monoisotopic (exact) mass is 182 g/mol. The zero-order chi connectivity index (χ0) is 9.84. The van der Waals surface area contributed by atoms with Gasteiger partial charge in [0.05, 0.1) is 0 Å². The van der Waals surface area contributed by atoms with Gasteiger partial charge in [-0.25, -0.2) is 0 Å². The maximum Gasteiger partial charge on any atom is 0.132 e. The molecule has 0 aliphatic heterocycles. The van der Waals surface area contributed by atoms with E-state index in [1.807, 2.05) is 19.1 Å². The average Bonchev–Trinajstić information content (AvgIpc) is 2.47. The van der Waals surface area contributed by atoms with Gasteiger partial charge in [-0.3, -0.25) is 0 Å². The summed E-state index contributed by atoms with van der Waals surface area (Å²) in [5.74, 6) is 2.18. The van der Waals surface area contributed by atoms with Crippen LogP contribution in [-0.2, 0) is 0 Å². The molecule has 1 aromatic heterocycles. The van der Waals surface area contributed by atoms with Crippen LogP contribution in [-0.4, -0.2) is 5.11 Å². The van der Waals surface area contributed by atoms with Crippen LogP contribution in [0.3, 0.4) is 0 Å². The lowest BCUT2D eigenvalue weighted by molar-refractivity contribution is 0.132. The van der Waals surface area contributed by atoms with Gasteiger partial charge >= 0.3 is 0 Å². The van der Waals surface area contributed by atoms with E-state index in [-0.39, 0.29) is 0 Å². The van der Waals surface area contributed by atoms with Crippen molar-refractivity contribution < 1.29 is 9.52 Å². The summed E-state index contributed by atoms with van der Waals surface area (Å²) in [6.07, 6.45) is 1.38. The molecule has 74 valence electrons. The predicted octanol–water partition coefficient (Wildman–Crippen LogP) is 3.06. The van der Waals surface area contributed by atoms with Crippen LogP contribution >= 0.6 is 0 Å². The molecule has 0 amide bonds. The third kappa shape index (κ3) is 3.23. The maximum atomic E-state index is 9.69. The lowest BCUT2D eigenvalue weighted by Gasteiger charge is -2.09. The number of furan rings is 1. The van der Waals surface area contributed by atoms with Crippen LogP contribution in [0.1, 0.15) is 44.3 Å². The molecule has 2 heteroatoms. The zero-order valence-corrected chi connectivity index (χ0v) is 8.58. The average molecular weight is 182 g/mol. The topological polar surface area (TPSA) is 33.4 Å². The quantitative estimate of drug-likeness (QED) is 0.776. The predicted molar refractivity (Wildman–Crippen MR) is 52.5 cm³/mol. The fourth-order valence-electron chi connectivity index (χ4n) is 1.27. The van der Waals surface area contributed by atoms with Crippen molar-refractivity contribution in [3.05, 3.63) is 23.7 Å². The molecule has 0 aliphatic carbocycles.